The van der Waals surface area contributed by atoms with Gasteiger partial charge in [0.1, 0.15) is 6.26 Å². The number of ether oxygens (including phenoxy) is 1. The molecule has 4 heteroatoms. The van der Waals surface area contributed by atoms with Crippen LogP contribution in [-0.4, -0.2) is 24.9 Å². The topological polar surface area (TPSA) is 47.3 Å². The van der Waals surface area contributed by atoms with E-state index in [-0.39, 0.29) is 6.10 Å². The van der Waals surface area contributed by atoms with Crippen molar-refractivity contribution in [1.29, 1.82) is 0 Å². The van der Waals surface area contributed by atoms with Crippen molar-refractivity contribution in [3.8, 4) is 0 Å². The molecule has 1 atom stereocenters. The second kappa shape index (κ2) is 4.90. The summed E-state index contributed by atoms with van der Waals surface area (Å²) in [6.45, 7) is 3.43. The predicted molar refractivity (Wildman–Crippen MR) is 44.7 cm³/mol. The number of nitrogens with zero attached hydrogens (tertiary/aromatic N) is 1. The van der Waals surface area contributed by atoms with Gasteiger partial charge in [0.15, 0.2) is 0 Å². The molecule has 0 bridgehead atoms. The molecule has 0 aromatic carbocycles. The molecule has 0 fully saturated rings. The highest BCUT2D eigenvalue weighted by molar-refractivity contribution is 4.97. The molecule has 1 aromatic rings. The van der Waals surface area contributed by atoms with Crippen LogP contribution >= 0.6 is 0 Å². The van der Waals surface area contributed by atoms with E-state index in [0.29, 0.717) is 6.61 Å². The van der Waals surface area contributed by atoms with Crippen LogP contribution in [0.3, 0.4) is 0 Å². The maximum atomic E-state index is 5.46. The number of likely N-dealkylation sites (N-methyl/N-ethyl adjacent to an activating group) is 1. The third-order valence-corrected chi connectivity index (χ3v) is 1.51. The minimum absolute atomic E-state index is 0.213. The van der Waals surface area contributed by atoms with Gasteiger partial charge in [-0.05, 0) is 14.0 Å². The van der Waals surface area contributed by atoms with E-state index in [0.717, 1.165) is 12.1 Å². The van der Waals surface area contributed by atoms with Crippen molar-refractivity contribution >= 4 is 0 Å². The van der Waals surface area contributed by atoms with Crippen LogP contribution in [0.2, 0.25) is 0 Å². The number of nitrogens with one attached hydrogen (secondary N) is 1. The SMILES string of the molecule is CNCC(C)OCc1cnoc1. The fourth-order valence-electron chi connectivity index (χ4n) is 0.883. The molecule has 1 heterocycles. The summed E-state index contributed by atoms with van der Waals surface area (Å²) >= 11 is 0. The quantitative estimate of drug-likeness (QED) is 0.710. The van der Waals surface area contributed by atoms with E-state index in [4.69, 9.17) is 4.74 Å². The Balaban J connectivity index is 2.17. The lowest BCUT2D eigenvalue weighted by Crippen LogP contribution is -2.23. The number of hydrogen-bond acceptors (Lipinski definition) is 4. The molecule has 0 aliphatic carbocycles. The summed E-state index contributed by atoms with van der Waals surface area (Å²) in [4.78, 5) is 0. The van der Waals surface area contributed by atoms with Crippen molar-refractivity contribution in [1.82, 2.24) is 10.5 Å². The van der Waals surface area contributed by atoms with Gasteiger partial charge in [-0.1, -0.05) is 5.16 Å². The molecule has 1 aromatic heterocycles. The Kier molecular flexibility index (Phi) is 3.76. The summed E-state index contributed by atoms with van der Waals surface area (Å²) in [7, 11) is 1.90. The lowest BCUT2D eigenvalue weighted by atomic mass is 10.3. The smallest absolute Gasteiger partial charge is 0.129 e. The third kappa shape index (κ3) is 3.02. The van der Waals surface area contributed by atoms with Crippen LogP contribution in [0.15, 0.2) is 17.0 Å². The maximum Gasteiger partial charge on any atom is 0.129 e. The Bertz CT molecular complexity index is 199. The summed E-state index contributed by atoms with van der Waals surface area (Å²) in [6, 6.07) is 0. The van der Waals surface area contributed by atoms with Gasteiger partial charge >= 0.3 is 0 Å². The average molecular weight is 170 g/mol. The van der Waals surface area contributed by atoms with Crippen LogP contribution in [0, 0.1) is 0 Å². The lowest BCUT2D eigenvalue weighted by molar-refractivity contribution is 0.0542. The number of hydrogen-bond donors (Lipinski definition) is 1. The number of rotatable bonds is 5. The van der Waals surface area contributed by atoms with Gasteiger partial charge in [-0.2, -0.15) is 0 Å². The van der Waals surface area contributed by atoms with Gasteiger partial charge < -0.3 is 14.6 Å². The first-order chi connectivity index (χ1) is 5.83. The molecule has 0 aliphatic rings. The van der Waals surface area contributed by atoms with E-state index in [9.17, 15) is 0 Å². The van der Waals surface area contributed by atoms with E-state index in [2.05, 4.69) is 15.0 Å². The largest absolute Gasteiger partial charge is 0.372 e. The van der Waals surface area contributed by atoms with Gasteiger partial charge in [-0.25, -0.2) is 0 Å². The molecule has 1 rings (SSSR count). The van der Waals surface area contributed by atoms with Crippen LogP contribution < -0.4 is 5.32 Å². The van der Waals surface area contributed by atoms with Gasteiger partial charge in [-0.3, -0.25) is 0 Å². The van der Waals surface area contributed by atoms with Crippen LogP contribution in [0.1, 0.15) is 12.5 Å². The Morgan fingerprint density at radius 1 is 1.75 bits per heavy atom. The van der Waals surface area contributed by atoms with E-state index < -0.39 is 0 Å². The standard InChI is InChI=1S/C8H14N2O2/c1-7(3-9-2)11-5-8-4-10-12-6-8/h4,6-7,9H,3,5H2,1-2H3. The maximum absolute atomic E-state index is 5.46. The second-order valence-corrected chi connectivity index (χ2v) is 2.71. The molecular weight excluding hydrogens is 156 g/mol. The molecule has 0 radical (unpaired) electrons. The molecule has 1 N–H and O–H groups in total. The monoisotopic (exact) mass is 170 g/mol. The molecule has 0 amide bonds. The number of aromatic nitrogens is 1. The van der Waals surface area contributed by atoms with Crippen LogP contribution in [0.4, 0.5) is 0 Å². The van der Waals surface area contributed by atoms with E-state index in [1.165, 1.54) is 0 Å². The highest BCUT2D eigenvalue weighted by Gasteiger charge is 2.01. The fraction of sp³-hybridized carbons (Fsp3) is 0.625. The normalized spacial score (nSPS) is 13.2. The first-order valence-electron chi connectivity index (χ1n) is 3.97. The highest BCUT2D eigenvalue weighted by atomic mass is 16.5. The Morgan fingerprint density at radius 2 is 2.58 bits per heavy atom. The van der Waals surface area contributed by atoms with Crippen LogP contribution in [-0.2, 0) is 11.3 Å². The Labute approximate surface area is 71.9 Å². The van der Waals surface area contributed by atoms with Gasteiger partial charge in [0, 0.05) is 12.1 Å². The second-order valence-electron chi connectivity index (χ2n) is 2.71. The molecule has 0 spiro atoms. The Morgan fingerprint density at radius 3 is 3.17 bits per heavy atom. The first-order valence-corrected chi connectivity index (χ1v) is 3.97. The van der Waals surface area contributed by atoms with Crippen molar-refractivity contribution in [2.24, 2.45) is 0 Å². The first kappa shape index (κ1) is 9.22. The van der Waals surface area contributed by atoms with Gasteiger partial charge in [-0.15, -0.1) is 0 Å². The molecule has 4 nitrogen and oxygen atoms in total. The molecule has 0 aliphatic heterocycles. The summed E-state index contributed by atoms with van der Waals surface area (Å²) < 4.78 is 10.1. The minimum atomic E-state index is 0.213. The van der Waals surface area contributed by atoms with E-state index >= 15 is 0 Å². The van der Waals surface area contributed by atoms with Crippen molar-refractivity contribution in [3.63, 3.8) is 0 Å². The average Bonchev–Trinajstić information content (AvgIpc) is 2.53. The van der Waals surface area contributed by atoms with Crippen molar-refractivity contribution < 1.29 is 9.26 Å². The van der Waals surface area contributed by atoms with Crippen LogP contribution in [0.5, 0.6) is 0 Å². The van der Waals surface area contributed by atoms with Gasteiger partial charge in [0.2, 0.25) is 0 Å². The zero-order valence-corrected chi connectivity index (χ0v) is 7.41. The van der Waals surface area contributed by atoms with Gasteiger partial charge in [0.25, 0.3) is 0 Å². The summed E-state index contributed by atoms with van der Waals surface area (Å²) in [6.07, 6.45) is 3.46. The van der Waals surface area contributed by atoms with E-state index in [1.807, 2.05) is 14.0 Å². The summed E-state index contributed by atoms with van der Waals surface area (Å²) in [5, 5.41) is 6.61. The van der Waals surface area contributed by atoms with E-state index in [1.54, 1.807) is 12.5 Å². The molecule has 0 saturated heterocycles. The van der Waals surface area contributed by atoms with Crippen molar-refractivity contribution in [3.05, 3.63) is 18.0 Å². The lowest BCUT2D eigenvalue weighted by Gasteiger charge is -2.10. The molecule has 0 saturated carbocycles. The fourth-order valence-corrected chi connectivity index (χ4v) is 0.883. The zero-order chi connectivity index (χ0) is 8.81. The summed E-state index contributed by atoms with van der Waals surface area (Å²) in [5.74, 6) is 0. The molecular formula is C8H14N2O2. The molecule has 12 heavy (non-hydrogen) atoms. The minimum Gasteiger partial charge on any atom is -0.372 e. The predicted octanol–water partition coefficient (Wildman–Crippen LogP) is 0.799. The van der Waals surface area contributed by atoms with Gasteiger partial charge in [0.05, 0.1) is 18.9 Å². The van der Waals surface area contributed by atoms with Crippen molar-refractivity contribution in [2.75, 3.05) is 13.6 Å². The third-order valence-electron chi connectivity index (χ3n) is 1.51. The highest BCUT2D eigenvalue weighted by Crippen LogP contribution is 2.01. The van der Waals surface area contributed by atoms with Crippen LogP contribution in [0.25, 0.3) is 0 Å². The Hall–Kier alpha value is -0.870. The summed E-state index contributed by atoms with van der Waals surface area (Å²) in [5.41, 5.74) is 0.970. The van der Waals surface area contributed by atoms with Crippen molar-refractivity contribution in [2.45, 2.75) is 19.6 Å². The molecule has 1 unspecified atom stereocenters. The zero-order valence-electron chi connectivity index (χ0n) is 7.41. The molecule has 68 valence electrons.